The SMILES string of the molecule is CC/C=C\C/C=C\C/C=C\C/C=C\C/C=C\C/C=C\CCCCCCCCCCC(=O)OCC(COC(=O)CCCCCCC/C=C\C/C=C\C/C=C\CC)OC(=O)CCCCCCC/C=C\CCCCCCCCC. The highest BCUT2D eigenvalue weighted by atomic mass is 16.6. The summed E-state index contributed by atoms with van der Waals surface area (Å²) in [4.78, 5) is 38.3. The molecule has 0 fully saturated rings. The molecule has 6 nitrogen and oxygen atoms in total. The molecule has 0 radical (unpaired) electrons. The van der Waals surface area contributed by atoms with Crippen molar-refractivity contribution in [3.63, 3.8) is 0 Å². The van der Waals surface area contributed by atoms with Crippen LogP contribution in [0.3, 0.4) is 0 Å². The zero-order chi connectivity index (χ0) is 55.0. The van der Waals surface area contributed by atoms with E-state index in [9.17, 15) is 14.4 Å². The third kappa shape index (κ3) is 60.7. The highest BCUT2D eigenvalue weighted by Gasteiger charge is 2.19. The zero-order valence-corrected chi connectivity index (χ0v) is 49.5. The number of hydrogen-bond acceptors (Lipinski definition) is 6. The largest absolute Gasteiger partial charge is 0.462 e. The maximum Gasteiger partial charge on any atom is 0.306 e. The molecule has 0 aromatic carbocycles. The van der Waals surface area contributed by atoms with Crippen LogP contribution >= 0.6 is 0 Å². The zero-order valence-electron chi connectivity index (χ0n) is 49.5. The van der Waals surface area contributed by atoms with Crippen LogP contribution in [0.2, 0.25) is 0 Å². The first-order chi connectivity index (χ1) is 37.5. The number of unbranched alkanes of at least 4 members (excludes halogenated alkanes) is 25. The van der Waals surface area contributed by atoms with Crippen LogP contribution < -0.4 is 0 Å². The van der Waals surface area contributed by atoms with E-state index in [0.717, 1.165) is 154 Å². The highest BCUT2D eigenvalue weighted by Crippen LogP contribution is 2.15. The van der Waals surface area contributed by atoms with Crippen molar-refractivity contribution >= 4 is 17.9 Å². The summed E-state index contributed by atoms with van der Waals surface area (Å²) in [7, 11) is 0. The number of hydrogen-bond donors (Lipinski definition) is 0. The molecule has 76 heavy (non-hydrogen) atoms. The molecule has 0 bridgehead atoms. The molecule has 0 aliphatic rings. The van der Waals surface area contributed by atoms with Gasteiger partial charge in [-0.3, -0.25) is 14.4 Å². The molecule has 432 valence electrons. The molecular weight excluding hydrogens is 937 g/mol. The summed E-state index contributed by atoms with van der Waals surface area (Å²) >= 11 is 0. The number of ether oxygens (including phenoxy) is 3. The van der Waals surface area contributed by atoms with Gasteiger partial charge in [0.2, 0.25) is 0 Å². The molecule has 0 heterocycles. The average molecular weight is 1050 g/mol. The van der Waals surface area contributed by atoms with Gasteiger partial charge in [-0.1, -0.05) is 258 Å². The molecular formula is C70H116O6. The lowest BCUT2D eigenvalue weighted by Crippen LogP contribution is -2.30. The van der Waals surface area contributed by atoms with E-state index >= 15 is 0 Å². The quantitative estimate of drug-likeness (QED) is 0.0261. The Labute approximate surface area is 469 Å². The van der Waals surface area contributed by atoms with E-state index in [1.54, 1.807) is 0 Å². The number of allylic oxidation sites excluding steroid dienone is 20. The summed E-state index contributed by atoms with van der Waals surface area (Å²) in [6.45, 7) is 6.39. The van der Waals surface area contributed by atoms with Crippen molar-refractivity contribution in [1.29, 1.82) is 0 Å². The summed E-state index contributed by atoms with van der Waals surface area (Å²) in [5.41, 5.74) is 0. The fraction of sp³-hybridized carbons (Fsp3) is 0.671. The Hall–Kier alpha value is -4.19. The van der Waals surface area contributed by atoms with Gasteiger partial charge in [-0.2, -0.15) is 0 Å². The van der Waals surface area contributed by atoms with Crippen LogP contribution in [0.5, 0.6) is 0 Å². The van der Waals surface area contributed by atoms with Crippen molar-refractivity contribution in [2.24, 2.45) is 0 Å². The maximum absolute atomic E-state index is 12.9. The van der Waals surface area contributed by atoms with Gasteiger partial charge in [0.25, 0.3) is 0 Å². The van der Waals surface area contributed by atoms with Gasteiger partial charge in [-0.15, -0.1) is 0 Å². The molecule has 1 unspecified atom stereocenters. The van der Waals surface area contributed by atoms with Crippen molar-refractivity contribution in [3.05, 3.63) is 122 Å². The molecule has 0 saturated carbocycles. The lowest BCUT2D eigenvalue weighted by atomic mass is 10.1. The molecule has 0 rings (SSSR count). The monoisotopic (exact) mass is 1050 g/mol. The van der Waals surface area contributed by atoms with Crippen LogP contribution in [0, 0.1) is 0 Å². The predicted molar refractivity (Wildman–Crippen MR) is 330 cm³/mol. The lowest BCUT2D eigenvalue weighted by molar-refractivity contribution is -0.167. The van der Waals surface area contributed by atoms with Gasteiger partial charge >= 0.3 is 17.9 Å². The maximum atomic E-state index is 12.9. The Kier molecular flexibility index (Phi) is 59.9. The van der Waals surface area contributed by atoms with E-state index in [4.69, 9.17) is 14.2 Å². The van der Waals surface area contributed by atoms with Crippen LogP contribution in [0.4, 0.5) is 0 Å². The molecule has 0 aromatic heterocycles. The van der Waals surface area contributed by atoms with Gasteiger partial charge in [-0.05, 0) is 128 Å². The van der Waals surface area contributed by atoms with E-state index in [2.05, 4.69) is 142 Å². The van der Waals surface area contributed by atoms with Gasteiger partial charge in [0.1, 0.15) is 13.2 Å². The van der Waals surface area contributed by atoms with Crippen molar-refractivity contribution in [2.45, 2.75) is 290 Å². The summed E-state index contributed by atoms with van der Waals surface area (Å²) in [6, 6.07) is 0. The smallest absolute Gasteiger partial charge is 0.306 e. The van der Waals surface area contributed by atoms with Gasteiger partial charge in [0.15, 0.2) is 6.10 Å². The number of rotatable bonds is 56. The number of carbonyl (C=O) groups is 3. The third-order valence-electron chi connectivity index (χ3n) is 13.2. The molecule has 0 aliphatic heterocycles. The van der Waals surface area contributed by atoms with Gasteiger partial charge in [-0.25, -0.2) is 0 Å². The molecule has 1 atom stereocenters. The van der Waals surface area contributed by atoms with Crippen LogP contribution in [0.25, 0.3) is 0 Å². The van der Waals surface area contributed by atoms with E-state index in [1.165, 1.54) is 89.9 Å². The fourth-order valence-electron chi connectivity index (χ4n) is 8.51. The second-order valence-corrected chi connectivity index (χ2v) is 20.5. The highest BCUT2D eigenvalue weighted by molar-refractivity contribution is 5.71. The Morgan fingerprint density at radius 3 is 0.816 bits per heavy atom. The number of esters is 3. The minimum Gasteiger partial charge on any atom is -0.462 e. The summed E-state index contributed by atoms with van der Waals surface area (Å²) in [5.74, 6) is -0.923. The minimum absolute atomic E-state index is 0.0933. The second-order valence-electron chi connectivity index (χ2n) is 20.5. The Bertz CT molecular complexity index is 1590. The fourth-order valence-corrected chi connectivity index (χ4v) is 8.51. The van der Waals surface area contributed by atoms with Crippen molar-refractivity contribution < 1.29 is 28.6 Å². The Balaban J connectivity index is 4.38. The van der Waals surface area contributed by atoms with Crippen LogP contribution in [-0.4, -0.2) is 37.2 Å². The first-order valence-corrected chi connectivity index (χ1v) is 31.5. The van der Waals surface area contributed by atoms with Crippen LogP contribution in [0.1, 0.15) is 284 Å². The van der Waals surface area contributed by atoms with Crippen molar-refractivity contribution in [3.8, 4) is 0 Å². The van der Waals surface area contributed by atoms with Crippen LogP contribution in [-0.2, 0) is 28.6 Å². The van der Waals surface area contributed by atoms with Crippen LogP contribution in [0.15, 0.2) is 122 Å². The van der Waals surface area contributed by atoms with E-state index < -0.39 is 6.10 Å². The minimum atomic E-state index is -0.797. The molecule has 6 heteroatoms. The average Bonchev–Trinajstić information content (AvgIpc) is 3.42. The topological polar surface area (TPSA) is 78.9 Å². The summed E-state index contributed by atoms with van der Waals surface area (Å²) < 4.78 is 16.9. The summed E-state index contributed by atoms with van der Waals surface area (Å²) in [5, 5.41) is 0. The van der Waals surface area contributed by atoms with Crippen molar-refractivity contribution in [1.82, 2.24) is 0 Å². The van der Waals surface area contributed by atoms with Gasteiger partial charge in [0, 0.05) is 19.3 Å². The van der Waals surface area contributed by atoms with Gasteiger partial charge < -0.3 is 14.2 Å². The first kappa shape index (κ1) is 71.8. The molecule has 0 aromatic rings. The first-order valence-electron chi connectivity index (χ1n) is 31.5. The molecule has 0 amide bonds. The molecule has 0 aliphatic carbocycles. The molecule has 0 N–H and O–H groups in total. The van der Waals surface area contributed by atoms with E-state index in [0.29, 0.717) is 19.3 Å². The second kappa shape index (κ2) is 63.3. The van der Waals surface area contributed by atoms with E-state index in [1.807, 2.05) is 0 Å². The lowest BCUT2D eigenvalue weighted by Gasteiger charge is -2.18. The molecule has 0 saturated heterocycles. The van der Waals surface area contributed by atoms with Gasteiger partial charge in [0.05, 0.1) is 0 Å². The standard InChI is InChI=1S/C70H116O6/c1-4-7-10-13-16-19-22-25-28-30-31-32-33-34-35-36-37-38-39-40-43-45-48-51-54-57-60-63-69(72)75-66-67(65-74-68(71)62-59-56-53-50-47-44-41-27-24-21-18-15-12-9-6-3)76-70(73)64-61-58-55-52-49-46-42-29-26-23-20-17-14-11-8-5-2/h7,9-10,12,16,18-19,21,25,27-29,31-32,34-35,37-38,41-42,67H,4-6,8,11,13-15,17,20,22-24,26,30,33,36,39-40,43-66H2,1-3H3/b10-7-,12-9-,19-16-,21-18-,28-25-,32-31-,35-34-,38-37-,41-27-,42-29-. The molecule has 0 spiro atoms. The summed E-state index contributed by atoms with van der Waals surface area (Å²) in [6.07, 6.45) is 87.7. The predicted octanol–water partition coefficient (Wildman–Crippen LogP) is 21.6. The van der Waals surface area contributed by atoms with Crippen molar-refractivity contribution in [2.75, 3.05) is 13.2 Å². The van der Waals surface area contributed by atoms with E-state index in [-0.39, 0.29) is 31.1 Å². The number of carbonyl (C=O) groups excluding carboxylic acids is 3. The Morgan fingerprint density at radius 1 is 0.276 bits per heavy atom. The normalized spacial score (nSPS) is 12.9. The third-order valence-corrected chi connectivity index (χ3v) is 13.2. The Morgan fingerprint density at radius 2 is 0.513 bits per heavy atom.